The summed E-state index contributed by atoms with van der Waals surface area (Å²) in [6.07, 6.45) is 0. The van der Waals surface area contributed by atoms with E-state index < -0.39 is 12.6 Å². The summed E-state index contributed by atoms with van der Waals surface area (Å²) >= 11 is 0. The third kappa shape index (κ3) is 2.90. The zero-order chi connectivity index (χ0) is 14.7. The molecule has 0 aliphatic heterocycles. The van der Waals surface area contributed by atoms with Gasteiger partial charge >= 0.3 is 5.97 Å². The lowest BCUT2D eigenvalue weighted by Crippen LogP contribution is -2.10. The average Bonchev–Trinajstić information content (AvgIpc) is 2.76. The number of aliphatic carboxylic acids is 1. The number of methoxy groups -OCH3 is 1. The van der Waals surface area contributed by atoms with Gasteiger partial charge in [0.2, 0.25) is 0 Å². The van der Waals surface area contributed by atoms with Crippen LogP contribution < -0.4 is 9.47 Å². The van der Waals surface area contributed by atoms with Gasteiger partial charge in [-0.2, -0.15) is 0 Å². The summed E-state index contributed by atoms with van der Waals surface area (Å²) in [5, 5.41) is 8.62. The number of nitrogens with one attached hydrogen (secondary N) is 1. The van der Waals surface area contributed by atoms with Crippen LogP contribution in [0.1, 0.15) is 11.4 Å². The molecule has 0 amide bonds. The Hall–Kier alpha value is -2.50. The molecule has 0 saturated heterocycles. The number of H-pyrrole nitrogens is 1. The second-order valence-electron chi connectivity index (χ2n) is 4.34. The fraction of sp³-hybridized carbons (Fsp3) is 0.286. The van der Waals surface area contributed by atoms with Gasteiger partial charge in [-0.3, -0.25) is 0 Å². The lowest BCUT2D eigenvalue weighted by molar-refractivity contribution is -0.139. The molecule has 0 bridgehead atoms. The summed E-state index contributed by atoms with van der Waals surface area (Å²) in [4.78, 5) is 18.1. The first-order chi connectivity index (χ1) is 9.51. The van der Waals surface area contributed by atoms with E-state index in [2.05, 4.69) is 9.97 Å². The Balaban J connectivity index is 2.31. The fourth-order valence-corrected chi connectivity index (χ4v) is 1.76. The van der Waals surface area contributed by atoms with Crippen LogP contribution in [-0.4, -0.2) is 34.8 Å². The first-order valence-corrected chi connectivity index (χ1v) is 6.07. The van der Waals surface area contributed by atoms with Crippen LogP contribution in [0.4, 0.5) is 0 Å². The van der Waals surface area contributed by atoms with E-state index in [4.69, 9.17) is 14.6 Å². The number of aromatic nitrogens is 2. The molecule has 0 saturated carbocycles. The highest BCUT2D eigenvalue weighted by Crippen LogP contribution is 2.31. The van der Waals surface area contributed by atoms with Crippen LogP contribution in [0, 0.1) is 13.8 Å². The number of benzene rings is 1. The van der Waals surface area contributed by atoms with Crippen molar-refractivity contribution in [3.05, 3.63) is 29.6 Å². The Bertz CT molecular complexity index is 615. The number of ether oxygens (including phenoxy) is 2. The van der Waals surface area contributed by atoms with Gasteiger partial charge < -0.3 is 19.6 Å². The number of carboxylic acids is 1. The highest BCUT2D eigenvalue weighted by molar-refractivity contribution is 5.69. The van der Waals surface area contributed by atoms with Crippen molar-refractivity contribution in [2.45, 2.75) is 13.8 Å². The third-order valence-electron chi connectivity index (χ3n) is 2.92. The van der Waals surface area contributed by atoms with Crippen molar-refractivity contribution in [3.8, 4) is 22.9 Å². The minimum atomic E-state index is -1.03. The van der Waals surface area contributed by atoms with E-state index in [1.807, 2.05) is 13.8 Å². The van der Waals surface area contributed by atoms with Crippen LogP contribution in [-0.2, 0) is 4.79 Å². The van der Waals surface area contributed by atoms with Gasteiger partial charge in [0, 0.05) is 11.3 Å². The van der Waals surface area contributed by atoms with Crippen molar-refractivity contribution >= 4 is 5.97 Å². The van der Waals surface area contributed by atoms with Gasteiger partial charge in [0.05, 0.1) is 12.8 Å². The van der Waals surface area contributed by atoms with Gasteiger partial charge in [-0.05, 0) is 32.0 Å². The molecule has 0 atom stereocenters. The molecule has 2 aromatic rings. The third-order valence-corrected chi connectivity index (χ3v) is 2.92. The van der Waals surface area contributed by atoms with E-state index in [0.717, 1.165) is 22.8 Å². The number of hydrogen-bond acceptors (Lipinski definition) is 4. The highest BCUT2D eigenvalue weighted by Gasteiger charge is 2.11. The van der Waals surface area contributed by atoms with Crippen molar-refractivity contribution in [3.63, 3.8) is 0 Å². The predicted octanol–water partition coefficient (Wildman–Crippen LogP) is 2.17. The predicted molar refractivity (Wildman–Crippen MR) is 73.2 cm³/mol. The SMILES string of the molecule is COc1cc(-c2nc(C)c(C)[nH]2)ccc1OCC(=O)O. The molecule has 2 N–H and O–H groups in total. The summed E-state index contributed by atoms with van der Waals surface area (Å²) < 4.78 is 10.4. The molecule has 0 fully saturated rings. The Morgan fingerprint density at radius 2 is 2.10 bits per heavy atom. The zero-order valence-corrected chi connectivity index (χ0v) is 11.6. The molecule has 0 unspecified atom stereocenters. The summed E-state index contributed by atoms with van der Waals surface area (Å²) in [6.45, 7) is 3.47. The second kappa shape index (κ2) is 5.64. The first kappa shape index (κ1) is 13.9. The molecule has 2 rings (SSSR count). The average molecular weight is 276 g/mol. The van der Waals surface area contributed by atoms with E-state index in [-0.39, 0.29) is 0 Å². The maximum Gasteiger partial charge on any atom is 0.341 e. The lowest BCUT2D eigenvalue weighted by Gasteiger charge is -2.10. The topological polar surface area (TPSA) is 84.4 Å². The van der Waals surface area contributed by atoms with Gasteiger partial charge in [0.25, 0.3) is 0 Å². The highest BCUT2D eigenvalue weighted by atomic mass is 16.5. The molecule has 0 radical (unpaired) electrons. The Labute approximate surface area is 116 Å². The number of imidazole rings is 1. The molecule has 0 aliphatic rings. The normalized spacial score (nSPS) is 10.3. The van der Waals surface area contributed by atoms with E-state index in [1.54, 1.807) is 18.2 Å². The Morgan fingerprint density at radius 3 is 2.65 bits per heavy atom. The molecule has 6 heteroatoms. The van der Waals surface area contributed by atoms with Crippen molar-refractivity contribution in [2.75, 3.05) is 13.7 Å². The number of carbonyl (C=O) groups is 1. The van der Waals surface area contributed by atoms with Crippen molar-refractivity contribution < 1.29 is 19.4 Å². The monoisotopic (exact) mass is 276 g/mol. The fourth-order valence-electron chi connectivity index (χ4n) is 1.76. The lowest BCUT2D eigenvalue weighted by atomic mass is 10.2. The van der Waals surface area contributed by atoms with Gasteiger partial charge in [0.1, 0.15) is 5.82 Å². The van der Waals surface area contributed by atoms with Crippen molar-refractivity contribution in [1.29, 1.82) is 0 Å². The number of aromatic amines is 1. The molecule has 1 aromatic heterocycles. The van der Waals surface area contributed by atoms with Crippen LogP contribution in [0.5, 0.6) is 11.5 Å². The number of aryl methyl sites for hydroxylation is 2. The first-order valence-electron chi connectivity index (χ1n) is 6.07. The van der Waals surface area contributed by atoms with E-state index in [9.17, 15) is 4.79 Å². The van der Waals surface area contributed by atoms with Gasteiger partial charge in [-0.1, -0.05) is 0 Å². The maximum absolute atomic E-state index is 10.5. The van der Waals surface area contributed by atoms with Gasteiger partial charge in [-0.15, -0.1) is 0 Å². The minimum absolute atomic E-state index is 0.388. The molecule has 1 heterocycles. The van der Waals surface area contributed by atoms with Gasteiger partial charge in [-0.25, -0.2) is 9.78 Å². The zero-order valence-electron chi connectivity index (χ0n) is 11.6. The van der Waals surface area contributed by atoms with E-state index in [1.165, 1.54) is 7.11 Å². The quantitative estimate of drug-likeness (QED) is 0.874. The summed E-state index contributed by atoms with van der Waals surface area (Å²) in [5.41, 5.74) is 2.79. The van der Waals surface area contributed by atoms with Crippen LogP contribution in [0.3, 0.4) is 0 Å². The molecule has 20 heavy (non-hydrogen) atoms. The molecule has 0 aliphatic carbocycles. The summed E-state index contributed by atoms with van der Waals surface area (Å²) in [5.74, 6) is 0.561. The van der Waals surface area contributed by atoms with Crippen LogP contribution >= 0.6 is 0 Å². The van der Waals surface area contributed by atoms with Crippen molar-refractivity contribution in [2.24, 2.45) is 0 Å². The van der Waals surface area contributed by atoms with Crippen LogP contribution in [0.15, 0.2) is 18.2 Å². The number of hydrogen-bond donors (Lipinski definition) is 2. The van der Waals surface area contributed by atoms with E-state index >= 15 is 0 Å². The number of nitrogens with zero attached hydrogens (tertiary/aromatic N) is 1. The molecule has 106 valence electrons. The Morgan fingerprint density at radius 1 is 1.35 bits per heavy atom. The van der Waals surface area contributed by atoms with Crippen LogP contribution in [0.2, 0.25) is 0 Å². The standard InChI is InChI=1S/C14H16N2O4/c1-8-9(2)16-14(15-8)10-4-5-11(12(6-10)19-3)20-7-13(17)18/h4-6H,7H2,1-3H3,(H,15,16)(H,17,18). The molecule has 0 spiro atoms. The number of rotatable bonds is 5. The number of carboxylic acid groups (broad SMARTS) is 1. The molecule has 6 nitrogen and oxygen atoms in total. The van der Waals surface area contributed by atoms with E-state index in [0.29, 0.717) is 11.5 Å². The molecule has 1 aromatic carbocycles. The van der Waals surface area contributed by atoms with Crippen molar-refractivity contribution in [1.82, 2.24) is 9.97 Å². The maximum atomic E-state index is 10.5. The smallest absolute Gasteiger partial charge is 0.341 e. The largest absolute Gasteiger partial charge is 0.493 e. The van der Waals surface area contributed by atoms with Crippen LogP contribution in [0.25, 0.3) is 11.4 Å². The molecular formula is C14H16N2O4. The molecular weight excluding hydrogens is 260 g/mol. The summed E-state index contributed by atoms with van der Waals surface area (Å²) in [7, 11) is 1.51. The van der Waals surface area contributed by atoms with Gasteiger partial charge in [0.15, 0.2) is 18.1 Å². The second-order valence-corrected chi connectivity index (χ2v) is 4.34. The summed E-state index contributed by atoms with van der Waals surface area (Å²) in [6, 6.07) is 5.23. The minimum Gasteiger partial charge on any atom is -0.493 e. The Kier molecular flexibility index (Phi) is 3.93.